The van der Waals surface area contributed by atoms with E-state index in [1.165, 1.54) is 6.33 Å². The minimum Gasteiger partial charge on any atom is -0.473 e. The number of rotatable bonds is 6. The molecule has 1 amide bonds. The first-order valence-electron chi connectivity index (χ1n) is 8.14. The highest BCUT2D eigenvalue weighted by atomic mass is 16.5. The predicted octanol–water partition coefficient (Wildman–Crippen LogP) is 3.87. The smallest absolute Gasteiger partial charge is 0.274 e. The summed E-state index contributed by atoms with van der Waals surface area (Å²) in [5, 5.41) is 2.89. The van der Waals surface area contributed by atoms with Crippen LogP contribution in [0.3, 0.4) is 0 Å². The Morgan fingerprint density at radius 2 is 1.80 bits per heavy atom. The number of aromatic nitrogens is 2. The number of carbonyl (C=O) groups is 1. The largest absolute Gasteiger partial charge is 0.473 e. The lowest BCUT2D eigenvalue weighted by molar-refractivity contribution is 0.102. The van der Waals surface area contributed by atoms with Crippen LogP contribution in [-0.2, 0) is 13.0 Å². The Labute approximate surface area is 146 Å². The van der Waals surface area contributed by atoms with Gasteiger partial charge in [0.1, 0.15) is 18.6 Å². The molecular formula is C20H19N3O2. The van der Waals surface area contributed by atoms with Crippen LogP contribution >= 0.6 is 0 Å². The maximum absolute atomic E-state index is 12.5. The van der Waals surface area contributed by atoms with Crippen molar-refractivity contribution in [1.82, 2.24) is 9.97 Å². The second kappa shape index (κ2) is 8.06. The van der Waals surface area contributed by atoms with Gasteiger partial charge in [0.2, 0.25) is 5.88 Å². The van der Waals surface area contributed by atoms with Gasteiger partial charge < -0.3 is 10.1 Å². The number of ether oxygens (including phenoxy) is 1. The summed E-state index contributed by atoms with van der Waals surface area (Å²) in [6, 6.07) is 19.0. The van der Waals surface area contributed by atoms with Crippen molar-refractivity contribution >= 4 is 11.6 Å². The lowest BCUT2D eigenvalue weighted by Gasteiger charge is -2.10. The molecule has 0 aliphatic carbocycles. The first kappa shape index (κ1) is 16.6. The summed E-state index contributed by atoms with van der Waals surface area (Å²) < 4.78 is 5.65. The third-order valence-corrected chi connectivity index (χ3v) is 3.75. The molecule has 0 aliphatic heterocycles. The topological polar surface area (TPSA) is 64.1 Å². The molecule has 0 saturated heterocycles. The summed E-state index contributed by atoms with van der Waals surface area (Å²) in [4.78, 5) is 20.6. The summed E-state index contributed by atoms with van der Waals surface area (Å²) in [5.74, 6) is 0.0839. The van der Waals surface area contributed by atoms with Gasteiger partial charge in [-0.25, -0.2) is 9.97 Å². The quantitative estimate of drug-likeness (QED) is 0.744. The second-order valence-electron chi connectivity index (χ2n) is 5.48. The van der Waals surface area contributed by atoms with E-state index in [4.69, 9.17) is 4.74 Å². The van der Waals surface area contributed by atoms with Gasteiger partial charge in [0.05, 0.1) is 0 Å². The Bertz CT molecular complexity index is 850. The van der Waals surface area contributed by atoms with Gasteiger partial charge in [-0.15, -0.1) is 0 Å². The molecule has 0 saturated carbocycles. The molecule has 1 N–H and O–H groups in total. The highest BCUT2D eigenvalue weighted by Gasteiger charge is 2.11. The lowest BCUT2D eigenvalue weighted by atomic mass is 10.1. The summed E-state index contributed by atoms with van der Waals surface area (Å²) >= 11 is 0. The zero-order chi connectivity index (χ0) is 17.5. The van der Waals surface area contributed by atoms with Gasteiger partial charge in [0, 0.05) is 11.8 Å². The van der Waals surface area contributed by atoms with Crippen LogP contribution in [0.1, 0.15) is 28.5 Å². The molecular weight excluding hydrogens is 314 g/mol. The van der Waals surface area contributed by atoms with Crippen LogP contribution in [0.5, 0.6) is 5.88 Å². The predicted molar refractivity (Wildman–Crippen MR) is 96.6 cm³/mol. The number of carbonyl (C=O) groups excluding carboxylic acids is 1. The molecule has 0 radical (unpaired) electrons. The van der Waals surface area contributed by atoms with Gasteiger partial charge in [-0.3, -0.25) is 4.79 Å². The van der Waals surface area contributed by atoms with Crippen LogP contribution in [0.2, 0.25) is 0 Å². The standard InChI is InChI=1S/C20H19N3O2/c1-2-16-10-6-7-11-17(16)23-20(24)18-12-19(22-14-21-18)25-13-15-8-4-3-5-9-15/h3-12,14H,2,13H2,1H3,(H,23,24). The number of nitrogens with zero attached hydrogens (tertiary/aromatic N) is 2. The Morgan fingerprint density at radius 3 is 2.60 bits per heavy atom. The molecule has 3 aromatic rings. The summed E-state index contributed by atoms with van der Waals surface area (Å²) in [5.41, 5.74) is 3.17. The number of hydrogen-bond donors (Lipinski definition) is 1. The molecule has 126 valence electrons. The molecule has 3 rings (SSSR count). The number of para-hydroxylation sites is 1. The minimum atomic E-state index is -0.284. The summed E-state index contributed by atoms with van der Waals surface area (Å²) in [7, 11) is 0. The first-order chi connectivity index (χ1) is 12.3. The van der Waals surface area contributed by atoms with E-state index in [9.17, 15) is 4.79 Å². The van der Waals surface area contributed by atoms with Crippen LogP contribution in [0.15, 0.2) is 67.0 Å². The molecule has 1 heterocycles. The van der Waals surface area contributed by atoms with E-state index >= 15 is 0 Å². The van der Waals surface area contributed by atoms with Crippen molar-refractivity contribution in [3.63, 3.8) is 0 Å². The van der Waals surface area contributed by atoms with Crippen molar-refractivity contribution in [1.29, 1.82) is 0 Å². The second-order valence-corrected chi connectivity index (χ2v) is 5.48. The van der Waals surface area contributed by atoms with E-state index in [1.807, 2.05) is 61.5 Å². The fourth-order valence-corrected chi connectivity index (χ4v) is 2.41. The van der Waals surface area contributed by atoms with E-state index in [0.29, 0.717) is 12.5 Å². The first-order valence-corrected chi connectivity index (χ1v) is 8.14. The third kappa shape index (κ3) is 4.41. The van der Waals surface area contributed by atoms with Crippen LogP contribution < -0.4 is 10.1 Å². The summed E-state index contributed by atoms with van der Waals surface area (Å²) in [6.07, 6.45) is 2.17. The molecule has 5 heteroatoms. The zero-order valence-electron chi connectivity index (χ0n) is 14.0. The van der Waals surface area contributed by atoms with Gasteiger partial charge in [0.25, 0.3) is 5.91 Å². The van der Waals surface area contributed by atoms with Crippen LogP contribution in [0.4, 0.5) is 5.69 Å². The van der Waals surface area contributed by atoms with Crippen LogP contribution in [-0.4, -0.2) is 15.9 Å². The molecule has 0 bridgehead atoms. The number of amides is 1. The maximum Gasteiger partial charge on any atom is 0.274 e. The number of nitrogens with one attached hydrogen (secondary N) is 1. The van der Waals surface area contributed by atoms with Gasteiger partial charge >= 0.3 is 0 Å². The number of anilines is 1. The van der Waals surface area contributed by atoms with Crippen LogP contribution in [0, 0.1) is 0 Å². The fourth-order valence-electron chi connectivity index (χ4n) is 2.41. The average molecular weight is 333 g/mol. The average Bonchev–Trinajstić information content (AvgIpc) is 2.68. The van der Waals surface area contributed by atoms with Crippen molar-refractivity contribution in [3.8, 4) is 5.88 Å². The highest BCUT2D eigenvalue weighted by Crippen LogP contribution is 2.17. The Kier molecular flexibility index (Phi) is 5.36. The number of hydrogen-bond acceptors (Lipinski definition) is 4. The molecule has 5 nitrogen and oxygen atoms in total. The Hall–Kier alpha value is -3.21. The monoisotopic (exact) mass is 333 g/mol. The SMILES string of the molecule is CCc1ccccc1NC(=O)c1cc(OCc2ccccc2)ncn1. The molecule has 1 aromatic heterocycles. The Morgan fingerprint density at radius 1 is 1.04 bits per heavy atom. The third-order valence-electron chi connectivity index (χ3n) is 3.75. The van der Waals surface area contributed by atoms with Gasteiger partial charge in [-0.1, -0.05) is 55.5 Å². The van der Waals surface area contributed by atoms with Crippen LogP contribution in [0.25, 0.3) is 0 Å². The van der Waals surface area contributed by atoms with Crippen molar-refractivity contribution in [2.24, 2.45) is 0 Å². The van der Waals surface area contributed by atoms with E-state index in [0.717, 1.165) is 23.2 Å². The lowest BCUT2D eigenvalue weighted by Crippen LogP contribution is -2.15. The molecule has 0 spiro atoms. The van der Waals surface area contributed by atoms with Crippen molar-refractivity contribution in [2.75, 3.05) is 5.32 Å². The number of aryl methyl sites for hydroxylation is 1. The summed E-state index contributed by atoms with van der Waals surface area (Å²) in [6.45, 7) is 2.43. The van der Waals surface area contributed by atoms with Crippen molar-refractivity contribution < 1.29 is 9.53 Å². The highest BCUT2D eigenvalue weighted by molar-refractivity contribution is 6.03. The normalized spacial score (nSPS) is 10.3. The fraction of sp³-hybridized carbons (Fsp3) is 0.150. The van der Waals surface area contributed by atoms with Gasteiger partial charge in [0.15, 0.2) is 0 Å². The number of benzene rings is 2. The van der Waals surface area contributed by atoms with Gasteiger partial charge in [-0.2, -0.15) is 0 Å². The molecule has 2 aromatic carbocycles. The Balaban J connectivity index is 1.69. The molecule has 0 aliphatic rings. The van der Waals surface area contributed by atoms with E-state index in [-0.39, 0.29) is 11.6 Å². The van der Waals surface area contributed by atoms with E-state index in [2.05, 4.69) is 15.3 Å². The molecule has 0 atom stereocenters. The molecule has 25 heavy (non-hydrogen) atoms. The molecule has 0 fully saturated rings. The van der Waals surface area contributed by atoms with Crippen molar-refractivity contribution in [2.45, 2.75) is 20.0 Å². The zero-order valence-corrected chi connectivity index (χ0v) is 14.0. The van der Waals surface area contributed by atoms with Crippen molar-refractivity contribution in [3.05, 3.63) is 83.8 Å². The van der Waals surface area contributed by atoms with E-state index in [1.54, 1.807) is 6.07 Å². The minimum absolute atomic E-state index is 0.268. The van der Waals surface area contributed by atoms with Gasteiger partial charge in [-0.05, 0) is 23.6 Å². The van der Waals surface area contributed by atoms with E-state index < -0.39 is 0 Å². The molecule has 0 unspecified atom stereocenters. The maximum atomic E-state index is 12.5.